The molecule has 1 unspecified atom stereocenters. The molecule has 0 saturated heterocycles. The Morgan fingerprint density at radius 3 is 3.00 bits per heavy atom. The molecule has 1 aromatic carbocycles. The lowest BCUT2D eigenvalue weighted by molar-refractivity contribution is 0.0853. The first-order valence-electron chi connectivity index (χ1n) is 4.22. The van der Waals surface area contributed by atoms with Crippen LogP contribution in [0.1, 0.15) is 23.7 Å². The van der Waals surface area contributed by atoms with E-state index in [9.17, 15) is 9.18 Å². The first-order chi connectivity index (χ1) is 6.22. The largest absolute Gasteiger partial charge is 0.482 e. The third-order valence-electron chi connectivity index (χ3n) is 2.14. The minimum absolute atomic E-state index is 0.114. The van der Waals surface area contributed by atoms with Crippen LogP contribution < -0.4 is 4.74 Å². The fraction of sp³-hybridized carbons (Fsp3) is 0.300. The van der Waals surface area contributed by atoms with Gasteiger partial charge in [-0.15, -0.1) is 0 Å². The van der Waals surface area contributed by atoms with Gasteiger partial charge in [0, 0.05) is 0 Å². The van der Waals surface area contributed by atoms with Crippen LogP contribution in [-0.2, 0) is 0 Å². The van der Waals surface area contributed by atoms with Crippen molar-refractivity contribution in [1.82, 2.24) is 0 Å². The third kappa shape index (κ3) is 1.20. The molecule has 3 heteroatoms. The van der Waals surface area contributed by atoms with Crippen LogP contribution in [0.15, 0.2) is 18.2 Å². The summed E-state index contributed by atoms with van der Waals surface area (Å²) < 4.78 is 18.1. The van der Waals surface area contributed by atoms with Gasteiger partial charge in [-0.2, -0.15) is 0 Å². The van der Waals surface area contributed by atoms with Gasteiger partial charge in [0.1, 0.15) is 11.6 Å². The van der Waals surface area contributed by atoms with Crippen molar-refractivity contribution in [1.29, 1.82) is 0 Å². The van der Waals surface area contributed by atoms with Gasteiger partial charge in [0.15, 0.2) is 6.10 Å². The minimum atomic E-state index is -0.420. The van der Waals surface area contributed by atoms with Crippen molar-refractivity contribution < 1.29 is 13.9 Å². The first-order valence-corrected chi connectivity index (χ1v) is 4.22. The number of carbonyl (C=O) groups excluding carboxylic acids is 1. The van der Waals surface area contributed by atoms with Crippen LogP contribution in [0.25, 0.3) is 0 Å². The predicted molar refractivity (Wildman–Crippen MR) is 45.4 cm³/mol. The van der Waals surface area contributed by atoms with Gasteiger partial charge >= 0.3 is 0 Å². The van der Waals surface area contributed by atoms with Gasteiger partial charge in [0.2, 0.25) is 5.78 Å². The van der Waals surface area contributed by atoms with Crippen LogP contribution in [0.2, 0.25) is 0 Å². The molecule has 0 spiro atoms. The minimum Gasteiger partial charge on any atom is -0.482 e. The summed E-state index contributed by atoms with van der Waals surface area (Å²) in [6.07, 6.45) is 0.201. The number of carbonyl (C=O) groups is 1. The number of ether oxygens (including phenoxy) is 1. The third-order valence-corrected chi connectivity index (χ3v) is 2.14. The Hall–Kier alpha value is -1.38. The second-order valence-corrected chi connectivity index (χ2v) is 3.02. The monoisotopic (exact) mass is 180 g/mol. The molecule has 0 aromatic heterocycles. The molecule has 1 aliphatic rings. The molecule has 1 atom stereocenters. The Kier molecular flexibility index (Phi) is 1.79. The number of fused-ring (bicyclic) bond motifs is 1. The Balaban J connectivity index is 2.45. The highest BCUT2D eigenvalue weighted by Crippen LogP contribution is 2.30. The zero-order valence-corrected chi connectivity index (χ0v) is 7.21. The van der Waals surface area contributed by atoms with E-state index in [2.05, 4.69) is 0 Å². The number of ketones is 1. The smallest absolute Gasteiger partial charge is 0.207 e. The highest BCUT2D eigenvalue weighted by molar-refractivity contribution is 6.04. The van der Waals surface area contributed by atoms with E-state index in [4.69, 9.17) is 4.74 Å². The zero-order chi connectivity index (χ0) is 9.42. The van der Waals surface area contributed by atoms with Crippen molar-refractivity contribution in [3.05, 3.63) is 29.6 Å². The van der Waals surface area contributed by atoms with Gasteiger partial charge in [-0.25, -0.2) is 4.39 Å². The van der Waals surface area contributed by atoms with E-state index in [1.54, 1.807) is 0 Å². The van der Waals surface area contributed by atoms with Gasteiger partial charge in [0.25, 0.3) is 0 Å². The normalized spacial score (nSPS) is 19.8. The second-order valence-electron chi connectivity index (χ2n) is 3.02. The molecule has 0 bridgehead atoms. The summed E-state index contributed by atoms with van der Waals surface area (Å²) in [5.74, 6) is -0.0114. The van der Waals surface area contributed by atoms with Crippen LogP contribution in [0.5, 0.6) is 5.75 Å². The summed E-state index contributed by atoms with van der Waals surface area (Å²) in [5, 5.41) is 0. The number of Topliss-reactive ketones (excluding diaryl/α,β-unsaturated/α-hetero) is 1. The number of halogens is 1. The topological polar surface area (TPSA) is 26.3 Å². The molecule has 0 fully saturated rings. The number of rotatable bonds is 1. The van der Waals surface area contributed by atoms with E-state index in [0.29, 0.717) is 17.7 Å². The van der Waals surface area contributed by atoms with Gasteiger partial charge in [0.05, 0.1) is 5.56 Å². The summed E-state index contributed by atoms with van der Waals surface area (Å²) in [5.41, 5.74) is 0.367. The molecule has 0 amide bonds. The van der Waals surface area contributed by atoms with Crippen LogP contribution in [0.4, 0.5) is 4.39 Å². The lowest BCUT2D eigenvalue weighted by Crippen LogP contribution is -2.18. The number of hydrogen-bond donors (Lipinski definition) is 0. The Morgan fingerprint density at radius 2 is 2.31 bits per heavy atom. The van der Waals surface area contributed by atoms with Crippen LogP contribution in [-0.4, -0.2) is 11.9 Å². The second kappa shape index (κ2) is 2.83. The van der Waals surface area contributed by atoms with Gasteiger partial charge < -0.3 is 4.74 Å². The van der Waals surface area contributed by atoms with Crippen molar-refractivity contribution in [3.8, 4) is 5.75 Å². The van der Waals surface area contributed by atoms with Gasteiger partial charge in [-0.3, -0.25) is 4.79 Å². The molecule has 1 heterocycles. The molecule has 68 valence electrons. The maximum absolute atomic E-state index is 12.8. The lowest BCUT2D eigenvalue weighted by Gasteiger charge is -2.03. The molecular formula is C10H9FO2. The molecule has 13 heavy (non-hydrogen) atoms. The molecule has 0 N–H and O–H groups in total. The molecular weight excluding hydrogens is 171 g/mol. The molecule has 1 aromatic rings. The lowest BCUT2D eigenvalue weighted by atomic mass is 10.1. The zero-order valence-electron chi connectivity index (χ0n) is 7.21. The van der Waals surface area contributed by atoms with Crippen molar-refractivity contribution in [2.45, 2.75) is 19.4 Å². The Bertz CT molecular complexity index is 360. The molecule has 0 saturated carbocycles. The Labute approximate surface area is 75.3 Å². The van der Waals surface area contributed by atoms with E-state index in [1.165, 1.54) is 18.2 Å². The molecule has 0 aliphatic carbocycles. The van der Waals surface area contributed by atoms with E-state index in [1.807, 2.05) is 6.92 Å². The highest BCUT2D eigenvalue weighted by atomic mass is 19.1. The quantitative estimate of drug-likeness (QED) is 0.662. The fourth-order valence-corrected chi connectivity index (χ4v) is 1.45. The predicted octanol–water partition coefficient (Wildman–Crippen LogP) is 2.18. The van der Waals surface area contributed by atoms with E-state index in [-0.39, 0.29) is 5.78 Å². The standard InChI is InChI=1S/C10H9FO2/c1-2-8-10(12)7-5-6(11)3-4-9(7)13-8/h3-5,8H,2H2,1H3. The summed E-state index contributed by atoms with van der Waals surface area (Å²) in [7, 11) is 0. The summed E-state index contributed by atoms with van der Waals surface area (Å²) in [4.78, 5) is 11.5. The average Bonchev–Trinajstić information content (AvgIpc) is 2.44. The van der Waals surface area contributed by atoms with Gasteiger partial charge in [-0.1, -0.05) is 6.92 Å². The Morgan fingerprint density at radius 1 is 1.54 bits per heavy atom. The SMILES string of the molecule is CCC1Oc2ccc(F)cc2C1=O. The van der Waals surface area contributed by atoms with Crippen LogP contribution >= 0.6 is 0 Å². The number of hydrogen-bond acceptors (Lipinski definition) is 2. The summed E-state index contributed by atoms with van der Waals surface area (Å²) in [6.45, 7) is 1.87. The van der Waals surface area contributed by atoms with Gasteiger partial charge in [-0.05, 0) is 24.6 Å². The molecule has 2 rings (SSSR count). The highest BCUT2D eigenvalue weighted by Gasteiger charge is 2.30. The number of benzene rings is 1. The van der Waals surface area contributed by atoms with E-state index < -0.39 is 11.9 Å². The molecule has 2 nitrogen and oxygen atoms in total. The van der Waals surface area contributed by atoms with Crippen LogP contribution in [0, 0.1) is 5.82 Å². The molecule has 1 aliphatic heterocycles. The first kappa shape index (κ1) is 8.23. The van der Waals surface area contributed by atoms with Crippen molar-refractivity contribution in [2.75, 3.05) is 0 Å². The maximum atomic E-state index is 12.8. The van der Waals surface area contributed by atoms with Crippen molar-refractivity contribution in [2.24, 2.45) is 0 Å². The maximum Gasteiger partial charge on any atom is 0.207 e. The fourth-order valence-electron chi connectivity index (χ4n) is 1.45. The van der Waals surface area contributed by atoms with E-state index in [0.717, 1.165) is 0 Å². The van der Waals surface area contributed by atoms with Crippen molar-refractivity contribution >= 4 is 5.78 Å². The summed E-state index contributed by atoms with van der Waals surface area (Å²) in [6, 6.07) is 4.02. The van der Waals surface area contributed by atoms with Crippen LogP contribution in [0.3, 0.4) is 0 Å². The average molecular weight is 180 g/mol. The van der Waals surface area contributed by atoms with E-state index >= 15 is 0 Å². The molecule has 0 radical (unpaired) electrons. The van der Waals surface area contributed by atoms with Crippen molar-refractivity contribution in [3.63, 3.8) is 0 Å². The summed E-state index contributed by atoms with van der Waals surface area (Å²) >= 11 is 0.